The van der Waals surface area contributed by atoms with Gasteiger partial charge in [-0.05, 0) is 23.8 Å². The minimum atomic E-state index is -0.0219. The molecule has 0 atom stereocenters. The Balaban J connectivity index is 1.57. The number of thiophene rings is 1. The van der Waals surface area contributed by atoms with Gasteiger partial charge in [-0.2, -0.15) is 5.26 Å². The Kier molecular flexibility index (Phi) is 3.56. The minimum absolute atomic E-state index is 0.0219. The average Bonchev–Trinajstić information content (AvgIpc) is 3.26. The molecule has 0 radical (unpaired) electrons. The molecule has 0 saturated carbocycles. The van der Waals surface area contributed by atoms with Gasteiger partial charge in [0.1, 0.15) is 4.83 Å². The number of amides is 1. The van der Waals surface area contributed by atoms with Crippen LogP contribution in [0.1, 0.15) is 20.8 Å². The summed E-state index contributed by atoms with van der Waals surface area (Å²) >= 11 is 3.00. The fourth-order valence-corrected chi connectivity index (χ4v) is 4.37. The maximum Gasteiger partial charge on any atom is 0.264 e. The second kappa shape index (κ2) is 5.74. The van der Waals surface area contributed by atoms with E-state index in [0.717, 1.165) is 20.9 Å². The van der Waals surface area contributed by atoms with E-state index < -0.39 is 0 Å². The fourth-order valence-electron chi connectivity index (χ4n) is 2.57. The van der Waals surface area contributed by atoms with E-state index in [9.17, 15) is 4.79 Å². The Labute approximate surface area is 146 Å². The zero-order valence-corrected chi connectivity index (χ0v) is 14.4. The first-order chi connectivity index (χ1) is 11.7. The van der Waals surface area contributed by atoms with Gasteiger partial charge in [0.25, 0.3) is 5.91 Å². The number of hydrogen-bond donors (Lipinski definition) is 0. The highest BCUT2D eigenvalue weighted by Crippen LogP contribution is 2.29. The van der Waals surface area contributed by atoms with Gasteiger partial charge in [0, 0.05) is 25.2 Å². The molecule has 0 aliphatic heterocycles. The van der Waals surface area contributed by atoms with Crippen LogP contribution >= 0.6 is 22.7 Å². The molecule has 0 bridgehead atoms. The first-order valence-corrected chi connectivity index (χ1v) is 8.95. The van der Waals surface area contributed by atoms with E-state index in [1.165, 1.54) is 11.3 Å². The number of carbonyl (C=O) groups excluding carboxylic acids is 1. The molecule has 3 aromatic heterocycles. The number of thiazole rings is 1. The smallest absolute Gasteiger partial charge is 0.264 e. The number of aromatic nitrogens is 2. The van der Waals surface area contributed by atoms with Crippen molar-refractivity contribution in [1.82, 2.24) is 14.3 Å². The van der Waals surface area contributed by atoms with Gasteiger partial charge in [-0.1, -0.05) is 12.1 Å². The number of imidazole rings is 1. The van der Waals surface area contributed by atoms with E-state index in [-0.39, 0.29) is 5.91 Å². The molecular weight excluding hydrogens is 340 g/mol. The summed E-state index contributed by atoms with van der Waals surface area (Å²) in [6, 6.07) is 11.3. The molecule has 0 fully saturated rings. The lowest BCUT2D eigenvalue weighted by Crippen LogP contribution is -2.25. The largest absolute Gasteiger partial charge is 0.337 e. The normalized spacial score (nSPS) is 11.0. The van der Waals surface area contributed by atoms with Gasteiger partial charge in [0.2, 0.25) is 0 Å². The lowest BCUT2D eigenvalue weighted by molar-refractivity contribution is 0.0790. The van der Waals surface area contributed by atoms with E-state index in [1.807, 2.05) is 34.2 Å². The molecule has 3 heterocycles. The lowest BCUT2D eigenvalue weighted by Gasteiger charge is -2.16. The van der Waals surface area contributed by atoms with Gasteiger partial charge >= 0.3 is 0 Å². The van der Waals surface area contributed by atoms with Crippen LogP contribution in [0.3, 0.4) is 0 Å². The predicted molar refractivity (Wildman–Crippen MR) is 95.4 cm³/mol. The van der Waals surface area contributed by atoms with E-state index in [2.05, 4.69) is 11.1 Å². The summed E-state index contributed by atoms with van der Waals surface area (Å²) in [6.45, 7) is 0.501. The average molecular weight is 352 g/mol. The van der Waals surface area contributed by atoms with Crippen LogP contribution in [0.4, 0.5) is 0 Å². The summed E-state index contributed by atoms with van der Waals surface area (Å²) in [7, 11) is 1.78. The maximum atomic E-state index is 12.7. The van der Waals surface area contributed by atoms with Crippen molar-refractivity contribution in [3.8, 4) is 6.07 Å². The van der Waals surface area contributed by atoms with Crippen LogP contribution in [0.5, 0.6) is 0 Å². The summed E-state index contributed by atoms with van der Waals surface area (Å²) in [6.07, 6.45) is 1.97. The van der Waals surface area contributed by atoms with Crippen molar-refractivity contribution in [2.24, 2.45) is 0 Å². The maximum absolute atomic E-state index is 12.7. The summed E-state index contributed by atoms with van der Waals surface area (Å²) in [5.74, 6) is -0.0219. The number of benzene rings is 1. The van der Waals surface area contributed by atoms with Crippen LogP contribution < -0.4 is 0 Å². The SMILES string of the molecule is CN(Cc1ccc(C#N)cc1)C(=O)c1cc2c(nc3sccn32)s1. The molecule has 0 saturated heterocycles. The zero-order valence-electron chi connectivity index (χ0n) is 12.8. The second-order valence-electron chi connectivity index (χ2n) is 5.44. The number of rotatable bonds is 3. The number of nitrogens with zero attached hydrogens (tertiary/aromatic N) is 4. The standard InChI is InChI=1S/C17H12N4OS2/c1-20(10-12-4-2-11(9-18)3-5-12)16(22)14-8-13-15(24-14)19-17-21(13)6-7-23-17/h2-8H,10H2,1H3. The van der Waals surface area contributed by atoms with Gasteiger partial charge in [-0.25, -0.2) is 4.98 Å². The van der Waals surface area contributed by atoms with Gasteiger partial charge in [-0.3, -0.25) is 9.20 Å². The van der Waals surface area contributed by atoms with E-state index in [1.54, 1.807) is 35.4 Å². The Morgan fingerprint density at radius 2 is 2.17 bits per heavy atom. The Morgan fingerprint density at radius 1 is 1.38 bits per heavy atom. The minimum Gasteiger partial charge on any atom is -0.337 e. The highest BCUT2D eigenvalue weighted by atomic mass is 32.1. The Morgan fingerprint density at radius 3 is 2.92 bits per heavy atom. The van der Waals surface area contributed by atoms with Crippen molar-refractivity contribution in [2.45, 2.75) is 6.54 Å². The zero-order chi connectivity index (χ0) is 16.7. The van der Waals surface area contributed by atoms with Crippen LogP contribution in [0.2, 0.25) is 0 Å². The van der Waals surface area contributed by atoms with E-state index in [0.29, 0.717) is 17.0 Å². The number of fused-ring (bicyclic) bond motifs is 3. The van der Waals surface area contributed by atoms with Crippen molar-refractivity contribution in [1.29, 1.82) is 5.26 Å². The molecule has 24 heavy (non-hydrogen) atoms. The van der Waals surface area contributed by atoms with Crippen LogP contribution in [0, 0.1) is 11.3 Å². The summed E-state index contributed by atoms with van der Waals surface area (Å²) < 4.78 is 2.01. The molecule has 4 aromatic rings. The van der Waals surface area contributed by atoms with Crippen molar-refractivity contribution >= 4 is 43.9 Å². The molecule has 7 heteroatoms. The van der Waals surface area contributed by atoms with Crippen LogP contribution in [0.25, 0.3) is 15.3 Å². The summed E-state index contributed by atoms with van der Waals surface area (Å²) in [4.78, 5) is 21.4. The van der Waals surface area contributed by atoms with Crippen molar-refractivity contribution in [2.75, 3.05) is 7.05 Å². The van der Waals surface area contributed by atoms with Crippen LogP contribution in [-0.2, 0) is 6.54 Å². The molecule has 0 spiro atoms. The summed E-state index contributed by atoms with van der Waals surface area (Å²) in [5, 5.41) is 10.8. The highest BCUT2D eigenvalue weighted by molar-refractivity contribution is 7.21. The quantitative estimate of drug-likeness (QED) is 0.564. The third-order valence-electron chi connectivity index (χ3n) is 3.80. The van der Waals surface area contributed by atoms with Crippen molar-refractivity contribution in [3.63, 3.8) is 0 Å². The fraction of sp³-hybridized carbons (Fsp3) is 0.118. The van der Waals surface area contributed by atoms with Crippen molar-refractivity contribution in [3.05, 3.63) is 57.9 Å². The number of nitriles is 1. The van der Waals surface area contributed by atoms with Crippen LogP contribution in [-0.4, -0.2) is 27.2 Å². The van der Waals surface area contributed by atoms with Gasteiger partial charge < -0.3 is 4.90 Å². The molecule has 1 amide bonds. The molecule has 5 nitrogen and oxygen atoms in total. The molecule has 118 valence electrons. The molecule has 1 aromatic carbocycles. The monoisotopic (exact) mass is 352 g/mol. The van der Waals surface area contributed by atoms with Crippen molar-refractivity contribution < 1.29 is 4.79 Å². The highest BCUT2D eigenvalue weighted by Gasteiger charge is 2.18. The molecule has 0 aliphatic carbocycles. The molecular formula is C17H12N4OS2. The van der Waals surface area contributed by atoms with Gasteiger partial charge in [-0.15, -0.1) is 22.7 Å². The predicted octanol–water partition coefficient (Wildman–Crippen LogP) is 3.75. The molecule has 0 unspecified atom stereocenters. The summed E-state index contributed by atoms with van der Waals surface area (Å²) in [5.41, 5.74) is 2.59. The van der Waals surface area contributed by atoms with E-state index in [4.69, 9.17) is 5.26 Å². The third-order valence-corrected chi connectivity index (χ3v) is 5.56. The first kappa shape index (κ1) is 14.9. The molecule has 4 rings (SSSR count). The molecule has 0 aliphatic rings. The Bertz CT molecular complexity index is 1080. The first-order valence-electron chi connectivity index (χ1n) is 7.25. The second-order valence-corrected chi connectivity index (χ2v) is 7.34. The number of carbonyl (C=O) groups is 1. The third kappa shape index (κ3) is 2.46. The lowest BCUT2D eigenvalue weighted by atomic mass is 10.1. The number of hydrogen-bond acceptors (Lipinski definition) is 5. The van der Waals surface area contributed by atoms with Gasteiger partial charge in [0.05, 0.1) is 22.0 Å². The van der Waals surface area contributed by atoms with Gasteiger partial charge in [0.15, 0.2) is 4.96 Å². The Hall–Kier alpha value is -2.69. The molecule has 0 N–H and O–H groups in total. The van der Waals surface area contributed by atoms with Crippen LogP contribution in [0.15, 0.2) is 41.9 Å². The van der Waals surface area contributed by atoms with E-state index >= 15 is 0 Å². The topological polar surface area (TPSA) is 61.4 Å².